The van der Waals surface area contributed by atoms with Crippen LogP contribution in [0.2, 0.25) is 0 Å². The normalized spacial score (nSPS) is 12.2. The highest BCUT2D eigenvalue weighted by molar-refractivity contribution is 5.71. The Morgan fingerprint density at radius 3 is 0.757 bits per heavy atom. The molecule has 0 N–H and O–H groups in total. The van der Waals surface area contributed by atoms with Crippen LogP contribution in [0.5, 0.6) is 0 Å². The summed E-state index contributed by atoms with van der Waals surface area (Å²) in [6.07, 6.45) is 77.4. The molecule has 0 rings (SSSR count). The van der Waals surface area contributed by atoms with Gasteiger partial charge in [-0.15, -0.1) is 0 Å². The van der Waals surface area contributed by atoms with Crippen molar-refractivity contribution in [2.45, 2.75) is 367 Å². The maximum absolute atomic E-state index is 12.9. The maximum atomic E-state index is 12.9. The van der Waals surface area contributed by atoms with Crippen LogP contribution < -0.4 is 0 Å². The number of allylic oxidation sites excluding steroid dienone is 6. The lowest BCUT2D eigenvalue weighted by molar-refractivity contribution is -0.167. The van der Waals surface area contributed by atoms with Crippen molar-refractivity contribution in [3.05, 3.63) is 36.5 Å². The number of carbonyl (C=O) groups excluding carboxylic acids is 3. The summed E-state index contributed by atoms with van der Waals surface area (Å²) in [4.78, 5) is 38.2. The molecule has 0 radical (unpaired) electrons. The van der Waals surface area contributed by atoms with Crippen molar-refractivity contribution >= 4 is 17.9 Å². The second-order valence-corrected chi connectivity index (χ2v) is 22.4. The van der Waals surface area contributed by atoms with Gasteiger partial charge in [0.25, 0.3) is 0 Å². The van der Waals surface area contributed by atoms with E-state index in [2.05, 4.69) is 57.2 Å². The third-order valence-corrected chi connectivity index (χ3v) is 14.9. The molecule has 0 saturated heterocycles. The zero-order chi connectivity index (χ0) is 53.6. The molecule has 0 aromatic rings. The van der Waals surface area contributed by atoms with Gasteiger partial charge in [-0.3, -0.25) is 14.4 Å². The summed E-state index contributed by atoms with van der Waals surface area (Å²) < 4.78 is 16.9. The van der Waals surface area contributed by atoms with Gasteiger partial charge in [-0.05, 0) is 77.0 Å². The Morgan fingerprint density at radius 1 is 0.270 bits per heavy atom. The third kappa shape index (κ3) is 60.5. The largest absolute Gasteiger partial charge is 0.462 e. The van der Waals surface area contributed by atoms with Crippen LogP contribution in [0.4, 0.5) is 0 Å². The standard InChI is InChI=1S/C68H126O6/c1-4-7-10-13-16-19-22-24-26-28-29-30-31-32-33-34-35-36-37-38-39-41-42-44-46-49-52-55-58-61-67(70)73-64-65(63-72-66(69)60-57-54-51-48-21-18-15-12-9-6-3)74-68(71)62-59-56-53-50-47-45-43-40-27-25-23-20-17-14-11-8-5-2/h22,24-25,27-29,65H,4-21,23,26,30-64H2,1-3H3/b24-22-,27-25-,29-28-. The third-order valence-electron chi connectivity index (χ3n) is 14.9. The Bertz CT molecular complexity index is 1240. The smallest absolute Gasteiger partial charge is 0.306 e. The topological polar surface area (TPSA) is 78.9 Å². The zero-order valence-electron chi connectivity index (χ0n) is 49.9. The summed E-state index contributed by atoms with van der Waals surface area (Å²) in [7, 11) is 0. The van der Waals surface area contributed by atoms with Gasteiger partial charge in [0, 0.05) is 19.3 Å². The summed E-state index contributed by atoms with van der Waals surface area (Å²) in [5.41, 5.74) is 0. The molecule has 0 aromatic heterocycles. The summed E-state index contributed by atoms with van der Waals surface area (Å²) in [6, 6.07) is 0. The van der Waals surface area contributed by atoms with Crippen LogP contribution in [0.1, 0.15) is 361 Å². The molecule has 1 atom stereocenters. The van der Waals surface area contributed by atoms with Gasteiger partial charge in [-0.2, -0.15) is 0 Å². The Morgan fingerprint density at radius 2 is 0.486 bits per heavy atom. The van der Waals surface area contributed by atoms with Gasteiger partial charge in [-0.1, -0.05) is 301 Å². The highest BCUT2D eigenvalue weighted by atomic mass is 16.6. The van der Waals surface area contributed by atoms with Crippen molar-refractivity contribution in [2.75, 3.05) is 13.2 Å². The minimum Gasteiger partial charge on any atom is -0.462 e. The molecule has 0 fully saturated rings. The predicted molar refractivity (Wildman–Crippen MR) is 321 cm³/mol. The Balaban J connectivity index is 4.12. The molecule has 6 nitrogen and oxygen atoms in total. The van der Waals surface area contributed by atoms with E-state index in [1.54, 1.807) is 0 Å². The van der Waals surface area contributed by atoms with E-state index in [4.69, 9.17) is 14.2 Å². The minimum atomic E-state index is -0.770. The predicted octanol–water partition coefficient (Wildman–Crippen LogP) is 22.4. The van der Waals surface area contributed by atoms with Crippen molar-refractivity contribution < 1.29 is 28.6 Å². The lowest BCUT2D eigenvalue weighted by Gasteiger charge is -2.18. The second kappa shape index (κ2) is 63.2. The lowest BCUT2D eigenvalue weighted by atomic mass is 10.0. The number of hydrogen-bond donors (Lipinski definition) is 0. The van der Waals surface area contributed by atoms with Crippen LogP contribution in [0.3, 0.4) is 0 Å². The molecule has 0 spiro atoms. The molecular formula is C68H126O6. The first-order valence-electron chi connectivity index (χ1n) is 33.0. The van der Waals surface area contributed by atoms with Crippen molar-refractivity contribution in [1.29, 1.82) is 0 Å². The van der Waals surface area contributed by atoms with Crippen molar-refractivity contribution in [1.82, 2.24) is 0 Å². The van der Waals surface area contributed by atoms with Crippen molar-refractivity contribution in [2.24, 2.45) is 0 Å². The van der Waals surface area contributed by atoms with E-state index < -0.39 is 6.10 Å². The summed E-state index contributed by atoms with van der Waals surface area (Å²) in [5, 5.41) is 0. The van der Waals surface area contributed by atoms with Crippen molar-refractivity contribution in [3.8, 4) is 0 Å². The quantitative estimate of drug-likeness (QED) is 0.0261. The summed E-state index contributed by atoms with van der Waals surface area (Å²) in [5.74, 6) is -0.852. The summed E-state index contributed by atoms with van der Waals surface area (Å²) in [6.45, 7) is 6.66. The van der Waals surface area contributed by atoms with Gasteiger partial charge >= 0.3 is 17.9 Å². The molecule has 0 bridgehead atoms. The van der Waals surface area contributed by atoms with E-state index in [1.807, 2.05) is 0 Å². The molecule has 0 amide bonds. The fourth-order valence-electron chi connectivity index (χ4n) is 9.88. The number of rotatable bonds is 61. The van der Waals surface area contributed by atoms with E-state index in [-0.39, 0.29) is 31.1 Å². The number of ether oxygens (including phenoxy) is 3. The van der Waals surface area contributed by atoms with Crippen LogP contribution in [0.25, 0.3) is 0 Å². The molecule has 74 heavy (non-hydrogen) atoms. The lowest BCUT2D eigenvalue weighted by Crippen LogP contribution is -2.30. The molecular weight excluding hydrogens is 913 g/mol. The van der Waals surface area contributed by atoms with E-state index in [9.17, 15) is 14.4 Å². The molecule has 0 aliphatic rings. The van der Waals surface area contributed by atoms with Crippen LogP contribution in [0.15, 0.2) is 36.5 Å². The molecule has 0 heterocycles. The highest BCUT2D eigenvalue weighted by Crippen LogP contribution is 2.17. The average Bonchev–Trinajstić information content (AvgIpc) is 3.40. The number of unbranched alkanes of at least 4 members (excludes halogenated alkanes) is 44. The fourth-order valence-corrected chi connectivity index (χ4v) is 9.88. The number of hydrogen-bond acceptors (Lipinski definition) is 6. The number of carbonyl (C=O) groups is 3. The molecule has 6 heteroatoms. The van der Waals surface area contributed by atoms with Gasteiger partial charge in [0.2, 0.25) is 0 Å². The van der Waals surface area contributed by atoms with E-state index in [0.29, 0.717) is 19.3 Å². The fraction of sp³-hybridized carbons (Fsp3) is 0.868. The first-order chi connectivity index (χ1) is 36.5. The van der Waals surface area contributed by atoms with Crippen LogP contribution >= 0.6 is 0 Å². The highest BCUT2D eigenvalue weighted by Gasteiger charge is 2.19. The van der Waals surface area contributed by atoms with Gasteiger partial charge in [-0.25, -0.2) is 0 Å². The van der Waals surface area contributed by atoms with Crippen molar-refractivity contribution in [3.63, 3.8) is 0 Å². The Kier molecular flexibility index (Phi) is 61.1. The molecule has 434 valence electrons. The molecule has 1 unspecified atom stereocenters. The van der Waals surface area contributed by atoms with Gasteiger partial charge < -0.3 is 14.2 Å². The molecule has 0 aromatic carbocycles. The summed E-state index contributed by atoms with van der Waals surface area (Å²) >= 11 is 0. The monoisotopic (exact) mass is 1040 g/mol. The Labute approximate surface area is 461 Å². The van der Waals surface area contributed by atoms with E-state index in [0.717, 1.165) is 64.2 Å². The minimum absolute atomic E-state index is 0.0688. The van der Waals surface area contributed by atoms with E-state index in [1.165, 1.54) is 257 Å². The zero-order valence-corrected chi connectivity index (χ0v) is 49.9. The maximum Gasteiger partial charge on any atom is 0.306 e. The average molecular weight is 1040 g/mol. The molecule has 0 saturated carbocycles. The van der Waals surface area contributed by atoms with E-state index >= 15 is 0 Å². The van der Waals surface area contributed by atoms with Crippen LogP contribution in [0, 0.1) is 0 Å². The second-order valence-electron chi connectivity index (χ2n) is 22.4. The molecule has 0 aliphatic carbocycles. The Hall–Kier alpha value is -2.37. The first kappa shape index (κ1) is 71.6. The SMILES string of the molecule is CCCCCCC/C=C\C/C=C\CCCCCCCCCCCCCCCCCCCC(=O)OCC(COC(=O)CCCCCCCCCCCC)OC(=O)CCCCCCCCC/C=C\CCCCCCCC. The van der Waals surface area contributed by atoms with Gasteiger partial charge in [0.15, 0.2) is 6.10 Å². The first-order valence-corrected chi connectivity index (χ1v) is 33.0. The molecule has 0 aliphatic heterocycles. The number of esters is 3. The van der Waals surface area contributed by atoms with Gasteiger partial charge in [0.05, 0.1) is 0 Å². The van der Waals surface area contributed by atoms with Gasteiger partial charge in [0.1, 0.15) is 13.2 Å². The van der Waals surface area contributed by atoms with Crippen LogP contribution in [-0.4, -0.2) is 37.2 Å². The van der Waals surface area contributed by atoms with Crippen LogP contribution in [-0.2, 0) is 28.6 Å².